The molecule has 1 aromatic carbocycles. The number of unbranched alkanes of at least 4 members (excludes halogenated alkanes) is 2. The van der Waals surface area contributed by atoms with Crippen LogP contribution in [0.4, 0.5) is 0 Å². The summed E-state index contributed by atoms with van der Waals surface area (Å²) in [6.07, 6.45) is 7.01. The molecule has 0 unspecified atom stereocenters. The maximum atomic E-state index is 12.7. The van der Waals surface area contributed by atoms with Crippen molar-refractivity contribution in [2.24, 2.45) is 5.92 Å². The Bertz CT molecular complexity index is 1240. The van der Waals surface area contributed by atoms with E-state index >= 15 is 0 Å². The number of piperidine rings is 1. The van der Waals surface area contributed by atoms with Crippen molar-refractivity contribution < 1.29 is 23.8 Å². The molecule has 8 heteroatoms. The first-order valence-electron chi connectivity index (χ1n) is 14.1. The van der Waals surface area contributed by atoms with Gasteiger partial charge in [0.25, 0.3) is 5.91 Å². The fourth-order valence-corrected chi connectivity index (χ4v) is 5.91. The summed E-state index contributed by atoms with van der Waals surface area (Å²) in [6, 6.07) is 3.65. The molecule has 2 amide bonds. The van der Waals surface area contributed by atoms with Crippen molar-refractivity contribution in [1.29, 1.82) is 0 Å². The predicted octanol–water partition coefficient (Wildman–Crippen LogP) is 4.32. The molecule has 0 spiro atoms. The van der Waals surface area contributed by atoms with E-state index in [1.807, 2.05) is 24.8 Å². The average molecular weight is 527 g/mol. The molecule has 2 aliphatic rings. The van der Waals surface area contributed by atoms with Crippen LogP contribution in [0.25, 0.3) is 11.0 Å². The first-order chi connectivity index (χ1) is 18.1. The van der Waals surface area contributed by atoms with Crippen molar-refractivity contribution in [3.63, 3.8) is 0 Å². The van der Waals surface area contributed by atoms with E-state index in [9.17, 15) is 19.5 Å². The number of fused-ring (bicyclic) bond motifs is 2. The molecule has 2 fully saturated rings. The van der Waals surface area contributed by atoms with E-state index in [1.165, 1.54) is 0 Å². The fourth-order valence-electron chi connectivity index (χ4n) is 5.91. The van der Waals surface area contributed by atoms with Gasteiger partial charge in [-0.05, 0) is 83.1 Å². The van der Waals surface area contributed by atoms with Gasteiger partial charge in [-0.3, -0.25) is 9.59 Å². The molecule has 2 heterocycles. The maximum Gasteiger partial charge on any atom is 0.339 e. The molecule has 2 N–H and O–H groups in total. The van der Waals surface area contributed by atoms with E-state index in [-0.39, 0.29) is 23.4 Å². The molecule has 4 rings (SSSR count). The highest BCUT2D eigenvalue weighted by Gasteiger charge is 2.43. The van der Waals surface area contributed by atoms with E-state index in [1.54, 1.807) is 19.9 Å². The monoisotopic (exact) mass is 526 g/mol. The van der Waals surface area contributed by atoms with Crippen molar-refractivity contribution >= 4 is 22.8 Å². The quantitative estimate of drug-likeness (QED) is 0.372. The van der Waals surface area contributed by atoms with Crippen molar-refractivity contribution in [2.45, 2.75) is 97.2 Å². The minimum Gasteiger partial charge on any atom is -0.480 e. The zero-order valence-electron chi connectivity index (χ0n) is 23.2. The molecule has 2 aromatic rings. The summed E-state index contributed by atoms with van der Waals surface area (Å²) in [6.45, 7) is 9.02. The Labute approximate surface area is 224 Å². The molecule has 38 heavy (non-hydrogen) atoms. The van der Waals surface area contributed by atoms with Crippen LogP contribution in [0.1, 0.15) is 81.4 Å². The number of nitrogens with one attached hydrogen (secondary N) is 1. The summed E-state index contributed by atoms with van der Waals surface area (Å²) in [5.74, 6) is 0.707. The van der Waals surface area contributed by atoms with Gasteiger partial charge in [0.05, 0.1) is 11.0 Å². The van der Waals surface area contributed by atoms with E-state index in [0.717, 1.165) is 56.1 Å². The Morgan fingerprint density at radius 3 is 2.74 bits per heavy atom. The second kappa shape index (κ2) is 11.9. The van der Waals surface area contributed by atoms with Gasteiger partial charge in [-0.1, -0.05) is 19.3 Å². The third-order valence-electron chi connectivity index (χ3n) is 8.48. The lowest BCUT2D eigenvalue weighted by Crippen LogP contribution is -2.54. The first-order valence-corrected chi connectivity index (χ1v) is 14.1. The van der Waals surface area contributed by atoms with Gasteiger partial charge in [0, 0.05) is 37.5 Å². The summed E-state index contributed by atoms with van der Waals surface area (Å²) in [5.41, 5.74) is 1.71. The number of benzene rings is 1. The highest BCUT2D eigenvalue weighted by molar-refractivity contribution is 5.89. The van der Waals surface area contributed by atoms with Crippen molar-refractivity contribution in [2.75, 3.05) is 19.6 Å². The standard InChI is InChI=1S/C30H42N2O6/c1-19-16-24(27-20(2)21(3)29(35)38-25(27)17-19)37-22(4)28(34)31-14-9-5-6-11-26(33)32-15-13-30(36)12-8-7-10-23(30)18-32/h16-17,22-23,36H,5-15,18H2,1-4H3,(H,31,34)/t22-,23-,30+/m1/s1. The number of ether oxygens (including phenoxy) is 1. The van der Waals surface area contributed by atoms with Crippen LogP contribution < -0.4 is 15.7 Å². The normalized spacial score (nSPS) is 22.1. The minimum absolute atomic E-state index is 0.176. The zero-order valence-corrected chi connectivity index (χ0v) is 23.2. The maximum absolute atomic E-state index is 12.7. The molecular formula is C30H42N2O6. The highest BCUT2D eigenvalue weighted by Crippen LogP contribution is 2.40. The Balaban J connectivity index is 1.19. The Hall–Kier alpha value is -2.87. The number of amides is 2. The van der Waals surface area contributed by atoms with Crippen LogP contribution in [0.15, 0.2) is 21.3 Å². The smallest absolute Gasteiger partial charge is 0.339 e. The molecule has 1 aliphatic heterocycles. The molecule has 1 aliphatic carbocycles. The highest BCUT2D eigenvalue weighted by atomic mass is 16.5. The number of carbonyl (C=O) groups excluding carboxylic acids is 2. The zero-order chi connectivity index (χ0) is 27.4. The summed E-state index contributed by atoms with van der Waals surface area (Å²) in [7, 11) is 0. The molecule has 8 nitrogen and oxygen atoms in total. The second-order valence-corrected chi connectivity index (χ2v) is 11.3. The molecule has 0 radical (unpaired) electrons. The minimum atomic E-state index is -0.717. The third-order valence-corrected chi connectivity index (χ3v) is 8.48. The summed E-state index contributed by atoms with van der Waals surface area (Å²) >= 11 is 0. The van der Waals surface area contributed by atoms with Crippen LogP contribution in [0.3, 0.4) is 0 Å². The van der Waals surface area contributed by atoms with Gasteiger partial charge in [0.2, 0.25) is 5.91 Å². The Kier molecular flexibility index (Phi) is 8.81. The lowest BCUT2D eigenvalue weighted by molar-refractivity contribution is -0.143. The predicted molar refractivity (Wildman–Crippen MR) is 146 cm³/mol. The number of rotatable bonds is 9. The van der Waals surface area contributed by atoms with Crippen LogP contribution in [-0.4, -0.2) is 53.2 Å². The van der Waals surface area contributed by atoms with E-state index < -0.39 is 11.7 Å². The third kappa shape index (κ3) is 6.22. The number of hydrogen-bond donors (Lipinski definition) is 2. The number of aryl methyl sites for hydroxylation is 2. The summed E-state index contributed by atoms with van der Waals surface area (Å²) in [5, 5.41) is 14.5. The van der Waals surface area contributed by atoms with Crippen LogP contribution in [0.2, 0.25) is 0 Å². The van der Waals surface area contributed by atoms with Crippen molar-refractivity contribution in [3.05, 3.63) is 39.2 Å². The molecule has 1 saturated heterocycles. The lowest BCUT2D eigenvalue weighted by Gasteiger charge is -2.47. The lowest BCUT2D eigenvalue weighted by atomic mass is 9.71. The van der Waals surface area contributed by atoms with Crippen LogP contribution in [0.5, 0.6) is 5.75 Å². The van der Waals surface area contributed by atoms with Crippen molar-refractivity contribution in [3.8, 4) is 5.75 Å². The molecule has 1 saturated carbocycles. The summed E-state index contributed by atoms with van der Waals surface area (Å²) < 4.78 is 11.5. The van der Waals surface area contributed by atoms with Gasteiger partial charge in [-0.15, -0.1) is 0 Å². The van der Waals surface area contributed by atoms with Gasteiger partial charge in [-0.25, -0.2) is 4.79 Å². The average Bonchev–Trinajstić information content (AvgIpc) is 2.88. The number of hydrogen-bond acceptors (Lipinski definition) is 6. The fraction of sp³-hybridized carbons (Fsp3) is 0.633. The molecule has 0 bridgehead atoms. The van der Waals surface area contributed by atoms with Gasteiger partial charge in [-0.2, -0.15) is 0 Å². The van der Waals surface area contributed by atoms with E-state index in [4.69, 9.17) is 9.15 Å². The van der Waals surface area contributed by atoms with Gasteiger partial charge in [0.1, 0.15) is 11.3 Å². The van der Waals surface area contributed by atoms with Crippen LogP contribution in [-0.2, 0) is 9.59 Å². The van der Waals surface area contributed by atoms with E-state index in [0.29, 0.717) is 54.8 Å². The van der Waals surface area contributed by atoms with E-state index in [2.05, 4.69) is 5.32 Å². The Morgan fingerprint density at radius 2 is 1.95 bits per heavy atom. The Morgan fingerprint density at radius 1 is 1.16 bits per heavy atom. The van der Waals surface area contributed by atoms with Crippen LogP contribution in [0, 0.1) is 26.7 Å². The van der Waals surface area contributed by atoms with Gasteiger partial charge in [0.15, 0.2) is 6.10 Å². The topological polar surface area (TPSA) is 109 Å². The number of likely N-dealkylation sites (tertiary alicyclic amines) is 1. The number of carbonyl (C=O) groups is 2. The molecule has 3 atom stereocenters. The molecule has 208 valence electrons. The largest absolute Gasteiger partial charge is 0.480 e. The summed E-state index contributed by atoms with van der Waals surface area (Å²) in [4.78, 5) is 39.4. The van der Waals surface area contributed by atoms with Crippen molar-refractivity contribution in [1.82, 2.24) is 10.2 Å². The number of nitrogens with zero attached hydrogens (tertiary/aromatic N) is 1. The second-order valence-electron chi connectivity index (χ2n) is 11.3. The molecule has 1 aromatic heterocycles. The SMILES string of the molecule is Cc1cc(O[C@H](C)C(=O)NCCCCCC(=O)N2CC[C@@]3(O)CCCC[C@@H]3C2)c2c(C)c(C)c(=O)oc2c1. The van der Waals surface area contributed by atoms with Gasteiger partial charge >= 0.3 is 5.63 Å². The van der Waals surface area contributed by atoms with Gasteiger partial charge < -0.3 is 24.5 Å². The first kappa shape index (κ1) is 28.1. The number of aliphatic hydroxyl groups is 1. The van der Waals surface area contributed by atoms with Crippen LogP contribution >= 0.6 is 0 Å². The molecular weight excluding hydrogens is 484 g/mol.